The summed E-state index contributed by atoms with van der Waals surface area (Å²) < 4.78 is 34.0. The fourth-order valence-electron chi connectivity index (χ4n) is 0.868. The third kappa shape index (κ3) is 1.73. The standard InChI is InChI=1S/C7H8FNO2S/c1-12(10,11)7-5-3-2-4-6(7)9-8/h2-5,9H,1H3. The third-order valence-corrected chi connectivity index (χ3v) is 2.54. The molecule has 12 heavy (non-hydrogen) atoms. The van der Waals surface area contributed by atoms with Gasteiger partial charge in [0.2, 0.25) is 0 Å². The number of nitrogens with one attached hydrogen (secondary N) is 1. The van der Waals surface area contributed by atoms with Crippen molar-refractivity contribution in [3.8, 4) is 0 Å². The summed E-state index contributed by atoms with van der Waals surface area (Å²) in [6, 6.07) is 5.79. The number of hydrogen-bond acceptors (Lipinski definition) is 3. The number of sulfone groups is 1. The lowest BCUT2D eigenvalue weighted by Crippen LogP contribution is -2.00. The molecule has 5 heteroatoms. The minimum Gasteiger partial charge on any atom is -0.224 e. The molecule has 0 saturated heterocycles. The van der Waals surface area contributed by atoms with Crippen LogP contribution in [0.3, 0.4) is 0 Å². The molecular weight excluding hydrogens is 181 g/mol. The van der Waals surface area contributed by atoms with Gasteiger partial charge in [0.05, 0.1) is 10.6 Å². The SMILES string of the molecule is CS(=O)(=O)c1ccccc1NF. The molecule has 0 spiro atoms. The Kier molecular flexibility index (Phi) is 2.32. The lowest BCUT2D eigenvalue weighted by Gasteiger charge is -2.02. The first kappa shape index (κ1) is 8.99. The molecule has 1 rings (SSSR count). The van der Waals surface area contributed by atoms with Crippen molar-refractivity contribution >= 4 is 15.5 Å². The molecule has 1 aromatic rings. The van der Waals surface area contributed by atoms with Gasteiger partial charge < -0.3 is 0 Å². The highest BCUT2D eigenvalue weighted by Crippen LogP contribution is 2.19. The molecule has 0 aliphatic rings. The smallest absolute Gasteiger partial charge is 0.177 e. The first-order valence-corrected chi connectivity index (χ1v) is 5.10. The Balaban J connectivity index is 3.33. The zero-order valence-electron chi connectivity index (χ0n) is 6.41. The molecule has 0 saturated carbocycles. The molecule has 1 aromatic carbocycles. The molecular formula is C7H8FNO2S. The maximum Gasteiger partial charge on any atom is 0.177 e. The van der Waals surface area contributed by atoms with Crippen LogP contribution < -0.4 is 5.54 Å². The van der Waals surface area contributed by atoms with Crippen molar-refractivity contribution in [2.24, 2.45) is 0 Å². The third-order valence-electron chi connectivity index (χ3n) is 1.39. The van der Waals surface area contributed by atoms with Crippen molar-refractivity contribution in [3.05, 3.63) is 24.3 Å². The average Bonchev–Trinajstić information content (AvgIpc) is 2.03. The maximum atomic E-state index is 12.0. The molecule has 0 heterocycles. The number of benzene rings is 1. The number of para-hydroxylation sites is 1. The number of hydrogen-bond donors (Lipinski definition) is 1. The van der Waals surface area contributed by atoms with E-state index in [1.807, 2.05) is 0 Å². The first-order valence-electron chi connectivity index (χ1n) is 3.21. The lowest BCUT2D eigenvalue weighted by molar-refractivity contribution is 0.594. The summed E-state index contributed by atoms with van der Waals surface area (Å²) in [6.45, 7) is 0. The van der Waals surface area contributed by atoms with Gasteiger partial charge in [0.1, 0.15) is 0 Å². The monoisotopic (exact) mass is 189 g/mol. The predicted molar refractivity (Wildman–Crippen MR) is 44.3 cm³/mol. The van der Waals surface area contributed by atoms with Crippen LogP contribution in [-0.4, -0.2) is 14.7 Å². The summed E-state index contributed by atoms with van der Waals surface area (Å²) in [6.07, 6.45) is 1.03. The minimum absolute atomic E-state index is 0.0278. The van der Waals surface area contributed by atoms with Gasteiger partial charge in [-0.15, -0.1) is 4.48 Å². The second-order valence-corrected chi connectivity index (χ2v) is 4.35. The van der Waals surface area contributed by atoms with E-state index in [0.717, 1.165) is 6.26 Å². The maximum absolute atomic E-state index is 12.0. The van der Waals surface area contributed by atoms with Crippen LogP contribution in [0.1, 0.15) is 0 Å². The molecule has 0 aliphatic heterocycles. The van der Waals surface area contributed by atoms with E-state index in [4.69, 9.17) is 0 Å². The van der Waals surface area contributed by atoms with Crippen LogP contribution in [0.4, 0.5) is 10.2 Å². The Morgan fingerprint density at radius 1 is 1.33 bits per heavy atom. The fourth-order valence-corrected chi connectivity index (χ4v) is 1.70. The summed E-state index contributed by atoms with van der Waals surface area (Å²) in [5.41, 5.74) is 1.30. The molecule has 0 aromatic heterocycles. The van der Waals surface area contributed by atoms with E-state index >= 15 is 0 Å². The fraction of sp³-hybridized carbons (Fsp3) is 0.143. The van der Waals surface area contributed by atoms with E-state index in [9.17, 15) is 12.9 Å². The zero-order valence-corrected chi connectivity index (χ0v) is 7.23. The average molecular weight is 189 g/mol. The lowest BCUT2D eigenvalue weighted by atomic mass is 10.3. The molecule has 0 fully saturated rings. The van der Waals surface area contributed by atoms with Gasteiger partial charge in [-0.1, -0.05) is 12.1 Å². The summed E-state index contributed by atoms with van der Waals surface area (Å²) in [7, 11) is -3.35. The number of anilines is 1. The summed E-state index contributed by atoms with van der Waals surface area (Å²) in [4.78, 5) is -0.0347. The van der Waals surface area contributed by atoms with E-state index in [-0.39, 0.29) is 10.6 Å². The Bertz CT molecular complexity index is 375. The van der Waals surface area contributed by atoms with Crippen LogP contribution in [0.25, 0.3) is 0 Å². The molecule has 0 amide bonds. The van der Waals surface area contributed by atoms with Gasteiger partial charge in [-0.05, 0) is 12.1 Å². The summed E-state index contributed by atoms with van der Waals surface area (Å²) in [5, 5.41) is 0. The van der Waals surface area contributed by atoms with Gasteiger partial charge in [0.15, 0.2) is 9.84 Å². The number of rotatable bonds is 2. The van der Waals surface area contributed by atoms with Crippen molar-refractivity contribution in [1.82, 2.24) is 0 Å². The molecule has 0 unspecified atom stereocenters. The second-order valence-electron chi connectivity index (χ2n) is 2.36. The Morgan fingerprint density at radius 2 is 1.92 bits per heavy atom. The van der Waals surface area contributed by atoms with Crippen LogP contribution in [-0.2, 0) is 9.84 Å². The summed E-state index contributed by atoms with van der Waals surface area (Å²) in [5.74, 6) is 0. The second kappa shape index (κ2) is 3.10. The van der Waals surface area contributed by atoms with Gasteiger partial charge in [-0.3, -0.25) is 0 Å². The van der Waals surface area contributed by atoms with Crippen molar-refractivity contribution in [1.29, 1.82) is 0 Å². The molecule has 0 radical (unpaired) electrons. The van der Waals surface area contributed by atoms with Gasteiger partial charge in [-0.25, -0.2) is 14.0 Å². The van der Waals surface area contributed by atoms with Crippen LogP contribution in [0.5, 0.6) is 0 Å². The van der Waals surface area contributed by atoms with Crippen LogP contribution in [0.15, 0.2) is 29.2 Å². The number of halogens is 1. The Hall–Kier alpha value is -1.10. The van der Waals surface area contributed by atoms with Crippen LogP contribution >= 0.6 is 0 Å². The van der Waals surface area contributed by atoms with Gasteiger partial charge in [0.25, 0.3) is 0 Å². The highest BCUT2D eigenvalue weighted by atomic mass is 32.2. The predicted octanol–water partition coefficient (Wildman–Crippen LogP) is 1.39. The highest BCUT2D eigenvalue weighted by molar-refractivity contribution is 7.90. The normalized spacial score (nSPS) is 11.2. The van der Waals surface area contributed by atoms with Crippen molar-refractivity contribution < 1.29 is 12.9 Å². The van der Waals surface area contributed by atoms with E-state index in [1.54, 1.807) is 6.07 Å². The van der Waals surface area contributed by atoms with Crippen molar-refractivity contribution in [2.75, 3.05) is 11.8 Å². The molecule has 0 bridgehead atoms. The van der Waals surface area contributed by atoms with Crippen LogP contribution in [0, 0.1) is 0 Å². The van der Waals surface area contributed by atoms with Crippen molar-refractivity contribution in [3.63, 3.8) is 0 Å². The molecule has 66 valence electrons. The summed E-state index contributed by atoms with van der Waals surface area (Å²) >= 11 is 0. The Morgan fingerprint density at radius 3 is 2.33 bits per heavy atom. The largest absolute Gasteiger partial charge is 0.224 e. The Labute approximate surface area is 70.1 Å². The van der Waals surface area contributed by atoms with Crippen molar-refractivity contribution in [2.45, 2.75) is 4.90 Å². The molecule has 0 atom stereocenters. The van der Waals surface area contributed by atoms with Gasteiger partial charge in [0, 0.05) is 6.26 Å². The zero-order chi connectivity index (χ0) is 9.19. The molecule has 3 nitrogen and oxygen atoms in total. The van der Waals surface area contributed by atoms with Crippen LogP contribution in [0.2, 0.25) is 0 Å². The molecule has 0 aliphatic carbocycles. The van der Waals surface area contributed by atoms with Gasteiger partial charge >= 0.3 is 0 Å². The first-order chi connectivity index (χ1) is 5.55. The topological polar surface area (TPSA) is 46.2 Å². The minimum atomic E-state index is -3.35. The quantitative estimate of drug-likeness (QED) is 0.715. The van der Waals surface area contributed by atoms with E-state index in [0.29, 0.717) is 0 Å². The van der Waals surface area contributed by atoms with Gasteiger partial charge in [-0.2, -0.15) is 0 Å². The van der Waals surface area contributed by atoms with E-state index in [1.165, 1.54) is 23.7 Å². The van der Waals surface area contributed by atoms with E-state index < -0.39 is 9.84 Å². The molecule has 1 N–H and O–H groups in total. The highest BCUT2D eigenvalue weighted by Gasteiger charge is 2.11. The van der Waals surface area contributed by atoms with E-state index in [2.05, 4.69) is 0 Å².